The number of rotatable bonds is 2. The quantitative estimate of drug-likeness (QED) is 0.652. The van der Waals surface area contributed by atoms with Gasteiger partial charge >= 0.3 is 0 Å². The molecule has 2 aromatic heterocycles. The van der Waals surface area contributed by atoms with Gasteiger partial charge in [0.15, 0.2) is 0 Å². The molecular weight excluding hydrogens is 188 g/mol. The molecule has 0 unspecified atom stereocenters. The van der Waals surface area contributed by atoms with Gasteiger partial charge in [0.05, 0.1) is 0 Å². The summed E-state index contributed by atoms with van der Waals surface area (Å²) in [7, 11) is -0.621. The first kappa shape index (κ1) is 8.72. The Morgan fingerprint density at radius 1 is 0.538 bits per heavy atom. The van der Waals surface area contributed by atoms with Crippen molar-refractivity contribution in [2.45, 2.75) is 5.67 Å². The first-order valence-electron chi connectivity index (χ1n) is 4.53. The van der Waals surface area contributed by atoms with E-state index in [2.05, 4.69) is 59.1 Å². The molecule has 0 aromatic carbocycles. The van der Waals surface area contributed by atoms with E-state index < -0.39 is 0 Å². The Bertz CT molecular complexity index is 319. The van der Waals surface area contributed by atoms with Crippen molar-refractivity contribution < 1.29 is 0 Å². The minimum absolute atomic E-state index is 0.310. The Morgan fingerprint density at radius 3 is 1.31 bits per heavy atom. The molecule has 0 nitrogen and oxygen atoms in total. The van der Waals surface area contributed by atoms with Crippen LogP contribution < -0.4 is 0 Å². The van der Waals surface area contributed by atoms with Crippen LogP contribution in [-0.4, -0.2) is 16.8 Å². The van der Waals surface area contributed by atoms with Crippen LogP contribution in [-0.2, 0) is 5.67 Å². The van der Waals surface area contributed by atoms with Crippen molar-refractivity contribution in [2.75, 3.05) is 0 Å². The first-order valence-corrected chi connectivity index (χ1v) is 8.25. The van der Waals surface area contributed by atoms with E-state index in [-0.39, 0.29) is 16.8 Å². The lowest BCUT2D eigenvalue weighted by Crippen LogP contribution is -2.09. The standard InChI is InChI=1S/C11H12Si2/c1-3-7-12(8-4-1)11-13-9-5-2-6-10-13/h1-10H,11H2. The summed E-state index contributed by atoms with van der Waals surface area (Å²) in [5, 5.41) is 0. The minimum Gasteiger partial charge on any atom is -0.0778 e. The Morgan fingerprint density at radius 2 is 0.923 bits per heavy atom. The molecular formula is C11H12Si2. The smallest absolute Gasteiger partial charge is 0.0377 e. The highest BCUT2D eigenvalue weighted by Crippen LogP contribution is 1.91. The Kier molecular flexibility index (Phi) is 2.95. The lowest BCUT2D eigenvalue weighted by atomic mass is 10.6. The fourth-order valence-electron chi connectivity index (χ4n) is 1.43. The van der Waals surface area contributed by atoms with Gasteiger partial charge in [-0.3, -0.25) is 0 Å². The molecule has 13 heavy (non-hydrogen) atoms. The fraction of sp³-hybridized carbons (Fsp3) is 0.0909. The highest BCUT2D eigenvalue weighted by Gasteiger charge is 1.94. The van der Waals surface area contributed by atoms with Gasteiger partial charge in [0.25, 0.3) is 0 Å². The number of hydrogen-bond acceptors (Lipinski definition) is 0. The molecule has 0 amide bonds. The third kappa shape index (κ3) is 2.54. The maximum atomic E-state index is 2.39. The van der Waals surface area contributed by atoms with Gasteiger partial charge in [-0.05, 0) is 5.67 Å². The molecule has 0 bridgehead atoms. The minimum atomic E-state index is -0.310. The van der Waals surface area contributed by atoms with Gasteiger partial charge < -0.3 is 0 Å². The van der Waals surface area contributed by atoms with Crippen LogP contribution in [0.15, 0.2) is 59.1 Å². The van der Waals surface area contributed by atoms with E-state index in [9.17, 15) is 0 Å². The molecule has 0 N–H and O–H groups in total. The van der Waals surface area contributed by atoms with Gasteiger partial charge in [0, 0.05) is 16.8 Å². The van der Waals surface area contributed by atoms with Crippen LogP contribution in [0, 0.1) is 0 Å². The van der Waals surface area contributed by atoms with E-state index in [1.54, 1.807) is 0 Å². The summed E-state index contributed by atoms with van der Waals surface area (Å²) in [6.45, 7) is 0. The molecule has 64 valence electrons. The van der Waals surface area contributed by atoms with Crippen molar-refractivity contribution in [1.29, 1.82) is 0 Å². The van der Waals surface area contributed by atoms with E-state index in [4.69, 9.17) is 0 Å². The van der Waals surface area contributed by atoms with Gasteiger partial charge in [-0.1, -0.05) is 59.1 Å². The van der Waals surface area contributed by atoms with Crippen LogP contribution in [0.2, 0.25) is 0 Å². The second kappa shape index (κ2) is 4.39. The van der Waals surface area contributed by atoms with Crippen molar-refractivity contribution in [1.82, 2.24) is 0 Å². The summed E-state index contributed by atoms with van der Waals surface area (Å²) in [6.07, 6.45) is 0. The molecule has 0 atom stereocenters. The molecule has 2 aromatic rings. The fourth-order valence-corrected chi connectivity index (χ4v) is 6.85. The van der Waals surface area contributed by atoms with Crippen molar-refractivity contribution >= 4 is 16.8 Å². The zero-order valence-corrected chi connectivity index (χ0v) is 9.48. The lowest BCUT2D eigenvalue weighted by molar-refractivity contribution is 1.70. The summed E-state index contributed by atoms with van der Waals surface area (Å²) >= 11 is 0. The summed E-state index contributed by atoms with van der Waals surface area (Å²) in [6, 6.07) is 13.0. The summed E-state index contributed by atoms with van der Waals surface area (Å²) < 4.78 is 0. The third-order valence-electron chi connectivity index (χ3n) is 2.09. The molecule has 2 rings (SSSR count). The maximum absolute atomic E-state index is 2.39. The molecule has 0 spiro atoms. The van der Waals surface area contributed by atoms with Crippen LogP contribution in [0.25, 0.3) is 0 Å². The predicted molar refractivity (Wildman–Crippen MR) is 60.2 cm³/mol. The highest BCUT2D eigenvalue weighted by atomic mass is 28.3. The van der Waals surface area contributed by atoms with E-state index in [0.717, 1.165) is 0 Å². The largest absolute Gasteiger partial charge is 0.0778 e. The van der Waals surface area contributed by atoms with Crippen LogP contribution in [0.1, 0.15) is 0 Å². The van der Waals surface area contributed by atoms with Crippen molar-refractivity contribution in [3.05, 3.63) is 59.1 Å². The highest BCUT2D eigenvalue weighted by molar-refractivity contribution is 6.67. The van der Waals surface area contributed by atoms with E-state index in [1.807, 2.05) is 0 Å². The monoisotopic (exact) mass is 200 g/mol. The summed E-state index contributed by atoms with van der Waals surface area (Å²) in [5.41, 5.74) is 11.0. The van der Waals surface area contributed by atoms with Crippen LogP contribution in [0.3, 0.4) is 0 Å². The zero-order valence-electron chi connectivity index (χ0n) is 7.48. The molecule has 2 heteroatoms. The molecule has 0 aliphatic rings. The van der Waals surface area contributed by atoms with Crippen molar-refractivity contribution in [3.63, 3.8) is 0 Å². The van der Waals surface area contributed by atoms with Gasteiger partial charge in [-0.2, -0.15) is 0 Å². The average molecular weight is 200 g/mol. The topological polar surface area (TPSA) is 0 Å². The second-order valence-electron chi connectivity index (χ2n) is 3.15. The molecule has 0 fully saturated rings. The van der Waals surface area contributed by atoms with Crippen LogP contribution in [0.4, 0.5) is 0 Å². The normalized spacial score (nSPS) is 9.85. The maximum Gasteiger partial charge on any atom is 0.0377 e. The zero-order chi connectivity index (χ0) is 8.93. The average Bonchev–Trinajstić information content (AvgIpc) is 2.21. The van der Waals surface area contributed by atoms with E-state index >= 15 is 0 Å². The Labute approximate surface area is 81.9 Å². The second-order valence-corrected chi connectivity index (χ2v) is 8.20. The van der Waals surface area contributed by atoms with Crippen molar-refractivity contribution in [3.8, 4) is 0 Å². The molecule has 0 aliphatic carbocycles. The Balaban J connectivity index is 2.16. The van der Waals surface area contributed by atoms with Crippen molar-refractivity contribution in [2.24, 2.45) is 0 Å². The summed E-state index contributed by atoms with van der Waals surface area (Å²) in [5.74, 6) is 0. The molecule has 0 saturated heterocycles. The van der Waals surface area contributed by atoms with E-state index in [1.165, 1.54) is 5.67 Å². The van der Waals surface area contributed by atoms with Gasteiger partial charge in [-0.15, -0.1) is 0 Å². The summed E-state index contributed by atoms with van der Waals surface area (Å²) in [4.78, 5) is 0. The molecule has 2 heterocycles. The molecule has 0 saturated carbocycles. The Hall–Kier alpha value is -0.866. The third-order valence-corrected chi connectivity index (χ3v) is 7.84. The first-order chi connectivity index (χ1) is 6.45. The number of hydrogen-bond donors (Lipinski definition) is 0. The van der Waals surface area contributed by atoms with Crippen LogP contribution in [0.5, 0.6) is 0 Å². The SMILES string of the molecule is c1cc[si](C[si]2ccccc2)cc1. The van der Waals surface area contributed by atoms with E-state index in [0.29, 0.717) is 0 Å². The van der Waals surface area contributed by atoms with Crippen LogP contribution >= 0.6 is 0 Å². The van der Waals surface area contributed by atoms with Gasteiger partial charge in [0.1, 0.15) is 0 Å². The molecule has 0 radical (unpaired) electrons. The van der Waals surface area contributed by atoms with Gasteiger partial charge in [-0.25, -0.2) is 0 Å². The lowest BCUT2D eigenvalue weighted by Gasteiger charge is -1.98. The van der Waals surface area contributed by atoms with Gasteiger partial charge in [0.2, 0.25) is 0 Å². The molecule has 0 aliphatic heterocycles. The predicted octanol–water partition coefficient (Wildman–Crippen LogP) is 2.24.